The molecular weight excluding hydrogens is 362 g/mol. The van der Waals surface area contributed by atoms with Gasteiger partial charge in [0.2, 0.25) is 0 Å². The number of nitrogens with one attached hydrogen (secondary N) is 1. The van der Waals surface area contributed by atoms with Crippen molar-refractivity contribution in [3.05, 3.63) is 46.9 Å². The Morgan fingerprint density at radius 2 is 1.89 bits per heavy atom. The summed E-state index contributed by atoms with van der Waals surface area (Å²) < 4.78 is 16.5. The van der Waals surface area contributed by atoms with Crippen molar-refractivity contribution in [3.8, 4) is 11.5 Å². The van der Waals surface area contributed by atoms with E-state index in [1.165, 1.54) is 6.07 Å². The summed E-state index contributed by atoms with van der Waals surface area (Å²) in [6.07, 6.45) is 0.388. The summed E-state index contributed by atoms with van der Waals surface area (Å²) in [6, 6.07) is 6.38. The first-order valence-electron chi connectivity index (χ1n) is 9.24. The molecule has 2 aromatic rings. The van der Waals surface area contributed by atoms with Crippen molar-refractivity contribution in [2.24, 2.45) is 5.92 Å². The number of furan rings is 1. The van der Waals surface area contributed by atoms with Gasteiger partial charge >= 0.3 is 5.97 Å². The van der Waals surface area contributed by atoms with Gasteiger partial charge in [-0.3, -0.25) is 4.79 Å². The third-order valence-corrected chi connectivity index (χ3v) is 4.19. The quantitative estimate of drug-likeness (QED) is 0.671. The molecule has 152 valence electrons. The Morgan fingerprint density at radius 1 is 1.18 bits per heavy atom. The van der Waals surface area contributed by atoms with Gasteiger partial charge in [-0.1, -0.05) is 26.8 Å². The number of aromatic carboxylic acids is 1. The molecule has 0 bridgehead atoms. The Labute approximate surface area is 164 Å². The predicted molar refractivity (Wildman–Crippen MR) is 104 cm³/mol. The Hall–Kier alpha value is -2.96. The van der Waals surface area contributed by atoms with Gasteiger partial charge in [0.05, 0.1) is 19.8 Å². The van der Waals surface area contributed by atoms with E-state index in [1.807, 2.05) is 25.1 Å². The van der Waals surface area contributed by atoms with E-state index in [4.69, 9.17) is 13.9 Å². The summed E-state index contributed by atoms with van der Waals surface area (Å²) in [6.45, 7) is 8.29. The molecule has 2 N–H and O–H groups in total. The first kappa shape index (κ1) is 21.3. The van der Waals surface area contributed by atoms with Crippen molar-refractivity contribution in [2.75, 3.05) is 13.7 Å². The zero-order valence-corrected chi connectivity index (χ0v) is 16.9. The van der Waals surface area contributed by atoms with Gasteiger partial charge in [-0.05, 0) is 30.5 Å². The second-order valence-electron chi connectivity index (χ2n) is 6.92. The second kappa shape index (κ2) is 9.30. The minimum atomic E-state index is -1.12. The van der Waals surface area contributed by atoms with Crippen LogP contribution in [0, 0.1) is 5.92 Å². The molecule has 1 heterocycles. The lowest BCUT2D eigenvalue weighted by Gasteiger charge is -2.17. The average Bonchev–Trinajstić information content (AvgIpc) is 3.11. The van der Waals surface area contributed by atoms with Gasteiger partial charge in [0.1, 0.15) is 11.3 Å². The van der Waals surface area contributed by atoms with Crippen molar-refractivity contribution in [2.45, 2.75) is 40.2 Å². The second-order valence-corrected chi connectivity index (χ2v) is 6.92. The van der Waals surface area contributed by atoms with Gasteiger partial charge in [0.15, 0.2) is 17.3 Å². The van der Waals surface area contributed by atoms with Crippen LogP contribution in [0.3, 0.4) is 0 Å². The lowest BCUT2D eigenvalue weighted by atomic mass is 10.1. The van der Waals surface area contributed by atoms with Crippen LogP contribution in [0.4, 0.5) is 0 Å². The smallest absolute Gasteiger partial charge is 0.339 e. The average molecular weight is 389 g/mol. The Morgan fingerprint density at radius 3 is 2.43 bits per heavy atom. The summed E-state index contributed by atoms with van der Waals surface area (Å²) in [5.41, 5.74) is 0.830. The van der Waals surface area contributed by atoms with Crippen molar-refractivity contribution < 1.29 is 28.6 Å². The molecule has 1 aromatic carbocycles. The highest BCUT2D eigenvalue weighted by Crippen LogP contribution is 2.31. The van der Waals surface area contributed by atoms with Crippen LogP contribution in [0.5, 0.6) is 11.5 Å². The van der Waals surface area contributed by atoms with Gasteiger partial charge < -0.3 is 24.3 Å². The molecule has 0 aliphatic rings. The molecule has 1 amide bonds. The Kier molecular flexibility index (Phi) is 7.09. The number of ether oxygens (including phenoxy) is 2. The fraction of sp³-hybridized carbons (Fsp3) is 0.429. The standard InChI is InChI=1S/C21H27NO6/c1-6-16-15(21(24)25)10-19(28-16)20(23)22-13(4)14-7-8-17(18(9-14)26-5)27-11-12(2)3/h7-10,12-13H,6,11H2,1-5H3,(H,22,23)(H,24,25). The van der Waals surface area contributed by atoms with E-state index < -0.39 is 11.9 Å². The molecule has 0 saturated carbocycles. The van der Waals surface area contributed by atoms with E-state index in [2.05, 4.69) is 19.2 Å². The van der Waals surface area contributed by atoms with Crippen LogP contribution in [0.25, 0.3) is 0 Å². The highest BCUT2D eigenvalue weighted by atomic mass is 16.5. The van der Waals surface area contributed by atoms with Crippen LogP contribution >= 0.6 is 0 Å². The maximum atomic E-state index is 12.5. The van der Waals surface area contributed by atoms with E-state index in [9.17, 15) is 14.7 Å². The lowest BCUT2D eigenvalue weighted by Crippen LogP contribution is -2.26. The number of carbonyl (C=O) groups excluding carboxylic acids is 1. The molecule has 0 aliphatic carbocycles. The number of amides is 1. The fourth-order valence-electron chi connectivity index (χ4n) is 2.66. The highest BCUT2D eigenvalue weighted by Gasteiger charge is 2.21. The molecule has 7 heteroatoms. The molecule has 2 rings (SSSR count). The summed E-state index contributed by atoms with van der Waals surface area (Å²) in [5, 5.41) is 12.0. The van der Waals surface area contributed by atoms with Gasteiger partial charge in [-0.2, -0.15) is 0 Å². The molecule has 0 aliphatic heterocycles. The minimum absolute atomic E-state index is 0.00799. The molecular formula is C21H27NO6. The van der Waals surface area contributed by atoms with Crippen LogP contribution < -0.4 is 14.8 Å². The summed E-state index contributed by atoms with van der Waals surface area (Å²) in [4.78, 5) is 23.7. The topological polar surface area (TPSA) is 98.0 Å². The third-order valence-electron chi connectivity index (χ3n) is 4.19. The highest BCUT2D eigenvalue weighted by molar-refractivity contribution is 5.96. The molecule has 0 fully saturated rings. The van der Waals surface area contributed by atoms with E-state index in [-0.39, 0.29) is 23.1 Å². The molecule has 1 aromatic heterocycles. The molecule has 0 saturated heterocycles. The SMILES string of the molecule is CCc1oc(C(=O)NC(C)c2ccc(OCC(C)C)c(OC)c2)cc1C(=O)O. The van der Waals surface area contributed by atoms with E-state index in [0.29, 0.717) is 30.4 Å². The van der Waals surface area contributed by atoms with Crippen molar-refractivity contribution in [1.29, 1.82) is 0 Å². The van der Waals surface area contributed by atoms with E-state index >= 15 is 0 Å². The number of hydrogen-bond acceptors (Lipinski definition) is 5. The Bertz CT molecular complexity index is 839. The molecule has 1 atom stereocenters. The third kappa shape index (κ3) is 5.06. The van der Waals surface area contributed by atoms with Gasteiger partial charge in [-0.15, -0.1) is 0 Å². The van der Waals surface area contributed by atoms with Crippen LogP contribution in [0.15, 0.2) is 28.7 Å². The van der Waals surface area contributed by atoms with Gasteiger partial charge in [-0.25, -0.2) is 4.79 Å². The molecule has 7 nitrogen and oxygen atoms in total. The lowest BCUT2D eigenvalue weighted by molar-refractivity contribution is 0.0694. The first-order chi connectivity index (χ1) is 13.3. The number of carboxylic acid groups (broad SMARTS) is 1. The number of rotatable bonds is 9. The molecule has 0 spiro atoms. The Balaban J connectivity index is 2.14. The largest absolute Gasteiger partial charge is 0.493 e. The predicted octanol–water partition coefficient (Wildman–Crippen LogP) is 4.07. The molecule has 28 heavy (non-hydrogen) atoms. The number of methoxy groups -OCH3 is 1. The number of carboxylic acids is 1. The van der Waals surface area contributed by atoms with E-state index in [1.54, 1.807) is 14.0 Å². The number of carbonyl (C=O) groups is 2. The van der Waals surface area contributed by atoms with Crippen LogP contribution in [0.1, 0.15) is 66.0 Å². The summed E-state index contributed by atoms with van der Waals surface area (Å²) in [7, 11) is 1.56. The number of hydrogen-bond donors (Lipinski definition) is 2. The van der Waals surface area contributed by atoms with Gasteiger partial charge in [0, 0.05) is 12.5 Å². The van der Waals surface area contributed by atoms with Crippen LogP contribution in [-0.2, 0) is 6.42 Å². The maximum Gasteiger partial charge on any atom is 0.339 e. The summed E-state index contributed by atoms with van der Waals surface area (Å²) >= 11 is 0. The summed E-state index contributed by atoms with van der Waals surface area (Å²) in [5.74, 6) is 0.272. The van der Waals surface area contributed by atoms with E-state index in [0.717, 1.165) is 5.56 Å². The van der Waals surface area contributed by atoms with Crippen molar-refractivity contribution in [3.63, 3.8) is 0 Å². The van der Waals surface area contributed by atoms with Crippen LogP contribution in [0.2, 0.25) is 0 Å². The number of benzene rings is 1. The van der Waals surface area contributed by atoms with Crippen molar-refractivity contribution >= 4 is 11.9 Å². The first-order valence-corrected chi connectivity index (χ1v) is 9.24. The van der Waals surface area contributed by atoms with Crippen molar-refractivity contribution in [1.82, 2.24) is 5.32 Å². The monoisotopic (exact) mass is 389 g/mol. The zero-order chi connectivity index (χ0) is 20.8. The molecule has 1 unspecified atom stereocenters. The van der Waals surface area contributed by atoms with Crippen LogP contribution in [-0.4, -0.2) is 30.7 Å². The maximum absolute atomic E-state index is 12.5. The number of aryl methyl sites for hydroxylation is 1. The zero-order valence-electron chi connectivity index (χ0n) is 16.9. The minimum Gasteiger partial charge on any atom is -0.493 e. The molecule has 0 radical (unpaired) electrons. The fourth-order valence-corrected chi connectivity index (χ4v) is 2.66. The van der Waals surface area contributed by atoms with Gasteiger partial charge in [0.25, 0.3) is 5.91 Å². The normalized spacial score (nSPS) is 11.9.